The van der Waals surface area contributed by atoms with Gasteiger partial charge in [0, 0.05) is 51.2 Å². The van der Waals surface area contributed by atoms with Crippen LogP contribution in [0.3, 0.4) is 0 Å². The van der Waals surface area contributed by atoms with Gasteiger partial charge >= 0.3 is 0 Å². The van der Waals surface area contributed by atoms with Crippen LogP contribution in [-0.4, -0.2) is 49.2 Å². The van der Waals surface area contributed by atoms with Crippen molar-refractivity contribution in [2.24, 2.45) is 0 Å². The fraction of sp³-hybridized carbons (Fsp3) is 0.500. The van der Waals surface area contributed by atoms with Gasteiger partial charge in [-0.3, -0.25) is 0 Å². The van der Waals surface area contributed by atoms with Gasteiger partial charge in [-0.15, -0.1) is 0 Å². The predicted octanol–water partition coefficient (Wildman–Crippen LogP) is 3.43. The highest BCUT2D eigenvalue weighted by atomic mass is 15.3. The first kappa shape index (κ1) is 17.5. The molecule has 1 aromatic carbocycles. The molecular weight excluding hydrogens is 310 g/mol. The van der Waals surface area contributed by atoms with Crippen molar-refractivity contribution in [1.82, 2.24) is 9.97 Å². The second-order valence-corrected chi connectivity index (χ2v) is 6.51. The van der Waals surface area contributed by atoms with Crippen LogP contribution in [0.15, 0.2) is 42.6 Å². The van der Waals surface area contributed by atoms with E-state index in [-0.39, 0.29) is 0 Å². The SMILES string of the molecule is CCCN(CCC)c1ccnc(N2CCN(c3ccccc3)CC2)n1. The molecule has 0 N–H and O–H groups in total. The molecule has 3 rings (SSSR count). The number of anilines is 3. The van der Waals surface area contributed by atoms with Crippen LogP contribution < -0.4 is 14.7 Å². The zero-order valence-corrected chi connectivity index (χ0v) is 15.4. The van der Waals surface area contributed by atoms with E-state index >= 15 is 0 Å². The van der Waals surface area contributed by atoms with E-state index in [1.54, 1.807) is 0 Å². The Morgan fingerprint density at radius 1 is 0.880 bits per heavy atom. The molecule has 0 atom stereocenters. The average Bonchev–Trinajstić information content (AvgIpc) is 2.69. The molecule has 1 aromatic heterocycles. The molecule has 0 bridgehead atoms. The Hall–Kier alpha value is -2.30. The molecule has 1 saturated heterocycles. The van der Waals surface area contributed by atoms with E-state index < -0.39 is 0 Å². The van der Waals surface area contributed by atoms with Crippen LogP contribution in [0.4, 0.5) is 17.5 Å². The van der Waals surface area contributed by atoms with E-state index in [0.29, 0.717) is 0 Å². The quantitative estimate of drug-likeness (QED) is 0.772. The van der Waals surface area contributed by atoms with Crippen LogP contribution in [0.25, 0.3) is 0 Å². The van der Waals surface area contributed by atoms with Crippen LogP contribution in [0.5, 0.6) is 0 Å². The van der Waals surface area contributed by atoms with Crippen LogP contribution in [-0.2, 0) is 0 Å². The van der Waals surface area contributed by atoms with Crippen molar-refractivity contribution in [1.29, 1.82) is 0 Å². The van der Waals surface area contributed by atoms with E-state index in [9.17, 15) is 0 Å². The summed E-state index contributed by atoms with van der Waals surface area (Å²) in [7, 11) is 0. The average molecular weight is 339 g/mol. The Morgan fingerprint density at radius 2 is 1.52 bits per heavy atom. The number of benzene rings is 1. The van der Waals surface area contributed by atoms with Crippen LogP contribution in [0.1, 0.15) is 26.7 Å². The maximum absolute atomic E-state index is 4.85. The molecule has 2 heterocycles. The number of hydrogen-bond acceptors (Lipinski definition) is 5. The lowest BCUT2D eigenvalue weighted by molar-refractivity contribution is 0.638. The van der Waals surface area contributed by atoms with E-state index in [0.717, 1.165) is 63.9 Å². The van der Waals surface area contributed by atoms with E-state index in [1.807, 2.05) is 12.3 Å². The molecule has 25 heavy (non-hydrogen) atoms. The highest BCUT2D eigenvalue weighted by Gasteiger charge is 2.20. The van der Waals surface area contributed by atoms with Crippen molar-refractivity contribution < 1.29 is 0 Å². The van der Waals surface area contributed by atoms with E-state index in [1.165, 1.54) is 5.69 Å². The maximum Gasteiger partial charge on any atom is 0.227 e. The fourth-order valence-electron chi connectivity index (χ4n) is 3.35. The molecule has 5 nitrogen and oxygen atoms in total. The second kappa shape index (κ2) is 8.70. The van der Waals surface area contributed by atoms with Gasteiger partial charge < -0.3 is 14.7 Å². The van der Waals surface area contributed by atoms with Gasteiger partial charge in [-0.25, -0.2) is 4.98 Å². The lowest BCUT2D eigenvalue weighted by atomic mass is 10.2. The lowest BCUT2D eigenvalue weighted by Gasteiger charge is -2.36. The zero-order chi connectivity index (χ0) is 17.5. The molecule has 0 radical (unpaired) electrons. The number of aromatic nitrogens is 2. The van der Waals surface area contributed by atoms with Crippen molar-refractivity contribution in [3.63, 3.8) is 0 Å². The molecule has 5 heteroatoms. The Morgan fingerprint density at radius 3 is 2.16 bits per heavy atom. The Balaban J connectivity index is 1.66. The monoisotopic (exact) mass is 339 g/mol. The highest BCUT2D eigenvalue weighted by molar-refractivity contribution is 5.49. The molecule has 0 spiro atoms. The molecule has 0 aliphatic carbocycles. The summed E-state index contributed by atoms with van der Waals surface area (Å²) in [6.45, 7) is 10.5. The summed E-state index contributed by atoms with van der Waals surface area (Å²) < 4.78 is 0. The van der Waals surface area contributed by atoms with Crippen molar-refractivity contribution in [3.05, 3.63) is 42.6 Å². The molecule has 2 aromatic rings. The minimum atomic E-state index is 0.863. The molecule has 134 valence electrons. The van der Waals surface area contributed by atoms with Gasteiger partial charge in [-0.1, -0.05) is 32.0 Å². The van der Waals surface area contributed by atoms with Gasteiger partial charge in [0.15, 0.2) is 0 Å². The van der Waals surface area contributed by atoms with Crippen LogP contribution in [0.2, 0.25) is 0 Å². The lowest BCUT2D eigenvalue weighted by Crippen LogP contribution is -2.47. The number of rotatable bonds is 7. The topological polar surface area (TPSA) is 35.5 Å². The minimum absolute atomic E-state index is 0.863. The Labute approximate surface area is 151 Å². The molecule has 1 aliphatic rings. The largest absolute Gasteiger partial charge is 0.368 e. The molecule has 1 fully saturated rings. The molecular formula is C20H29N5. The van der Waals surface area contributed by atoms with Gasteiger partial charge in [0.05, 0.1) is 0 Å². The van der Waals surface area contributed by atoms with Crippen molar-refractivity contribution in [2.75, 3.05) is 54.0 Å². The number of piperazine rings is 1. The van der Waals surface area contributed by atoms with Crippen LogP contribution in [0, 0.1) is 0 Å². The third-order valence-corrected chi connectivity index (χ3v) is 4.62. The fourth-order valence-corrected chi connectivity index (χ4v) is 3.35. The van der Waals surface area contributed by atoms with Crippen molar-refractivity contribution in [3.8, 4) is 0 Å². The van der Waals surface area contributed by atoms with Crippen molar-refractivity contribution in [2.45, 2.75) is 26.7 Å². The third kappa shape index (κ3) is 4.41. The molecule has 0 unspecified atom stereocenters. The number of para-hydroxylation sites is 1. The zero-order valence-electron chi connectivity index (χ0n) is 15.4. The number of hydrogen-bond donors (Lipinski definition) is 0. The Bertz CT molecular complexity index is 632. The summed E-state index contributed by atoms with van der Waals surface area (Å²) in [4.78, 5) is 16.5. The van der Waals surface area contributed by atoms with Gasteiger partial charge in [-0.2, -0.15) is 4.98 Å². The first-order valence-corrected chi connectivity index (χ1v) is 9.44. The standard InChI is InChI=1S/C20H29N5/c1-3-12-24(13-4-2)19-10-11-21-20(22-19)25-16-14-23(15-17-25)18-8-6-5-7-9-18/h5-11H,3-4,12-17H2,1-2H3. The molecule has 0 saturated carbocycles. The smallest absolute Gasteiger partial charge is 0.227 e. The van der Waals surface area contributed by atoms with E-state index in [4.69, 9.17) is 4.98 Å². The summed E-state index contributed by atoms with van der Waals surface area (Å²) in [6, 6.07) is 12.7. The summed E-state index contributed by atoms with van der Waals surface area (Å²) in [5.41, 5.74) is 1.30. The maximum atomic E-state index is 4.85. The second-order valence-electron chi connectivity index (χ2n) is 6.51. The number of nitrogens with zero attached hydrogens (tertiary/aromatic N) is 5. The van der Waals surface area contributed by atoms with E-state index in [2.05, 4.69) is 63.9 Å². The summed E-state index contributed by atoms with van der Waals surface area (Å²) >= 11 is 0. The predicted molar refractivity (Wildman–Crippen MR) is 106 cm³/mol. The minimum Gasteiger partial charge on any atom is -0.368 e. The van der Waals surface area contributed by atoms with Crippen LogP contribution >= 0.6 is 0 Å². The van der Waals surface area contributed by atoms with Gasteiger partial charge in [0.2, 0.25) is 5.95 Å². The van der Waals surface area contributed by atoms with Gasteiger partial charge in [-0.05, 0) is 31.0 Å². The third-order valence-electron chi connectivity index (χ3n) is 4.62. The summed E-state index contributed by atoms with van der Waals surface area (Å²) in [6.07, 6.45) is 4.17. The van der Waals surface area contributed by atoms with Gasteiger partial charge in [0.1, 0.15) is 5.82 Å². The van der Waals surface area contributed by atoms with Gasteiger partial charge in [0.25, 0.3) is 0 Å². The first-order chi connectivity index (χ1) is 12.3. The normalized spacial score (nSPS) is 14.6. The molecule has 0 amide bonds. The highest BCUT2D eigenvalue weighted by Crippen LogP contribution is 2.20. The van der Waals surface area contributed by atoms with Crippen molar-refractivity contribution >= 4 is 17.5 Å². The summed E-state index contributed by atoms with van der Waals surface area (Å²) in [5, 5.41) is 0. The first-order valence-electron chi connectivity index (χ1n) is 9.44. The Kier molecular flexibility index (Phi) is 6.09. The summed E-state index contributed by atoms with van der Waals surface area (Å²) in [5.74, 6) is 1.92. The molecule has 1 aliphatic heterocycles.